The number of nitrogens with one attached hydrogen (secondary N) is 1. The first kappa shape index (κ1) is 14.0. The van der Waals surface area contributed by atoms with E-state index in [2.05, 4.69) is 19.2 Å². The second-order valence-electron chi connectivity index (χ2n) is 5.72. The van der Waals surface area contributed by atoms with E-state index >= 15 is 0 Å². The molecule has 0 saturated heterocycles. The predicted molar refractivity (Wildman–Crippen MR) is 69.5 cm³/mol. The lowest BCUT2D eigenvalue weighted by Gasteiger charge is -2.25. The normalized spacial score (nSPS) is 21.8. The Kier molecular flexibility index (Phi) is 7.06. The van der Waals surface area contributed by atoms with Crippen LogP contribution in [0.3, 0.4) is 0 Å². The molecule has 1 saturated carbocycles. The van der Waals surface area contributed by atoms with E-state index < -0.39 is 0 Å². The van der Waals surface area contributed by atoms with Crippen LogP contribution in [0.1, 0.15) is 58.8 Å². The van der Waals surface area contributed by atoms with Gasteiger partial charge in [-0.1, -0.05) is 46.0 Å². The maximum atomic E-state index is 10.1. The van der Waals surface area contributed by atoms with Crippen LogP contribution in [0.15, 0.2) is 0 Å². The summed E-state index contributed by atoms with van der Waals surface area (Å²) in [6, 6.07) is 0. The predicted octanol–water partition coefficient (Wildman–Crippen LogP) is 2.95. The van der Waals surface area contributed by atoms with E-state index in [-0.39, 0.29) is 6.10 Å². The quantitative estimate of drug-likeness (QED) is 0.757. The van der Waals surface area contributed by atoms with Gasteiger partial charge in [-0.25, -0.2) is 0 Å². The molecule has 0 aromatic heterocycles. The number of hydrogen-bond donors (Lipinski definition) is 2. The number of aliphatic hydroxyl groups excluding tert-OH is 1. The molecule has 0 aromatic carbocycles. The molecule has 1 atom stereocenters. The van der Waals surface area contributed by atoms with Gasteiger partial charge in [-0.05, 0) is 31.2 Å². The van der Waals surface area contributed by atoms with Crippen LogP contribution in [0.2, 0.25) is 0 Å². The van der Waals surface area contributed by atoms with Gasteiger partial charge in [0.05, 0.1) is 6.10 Å². The lowest BCUT2D eigenvalue weighted by Crippen LogP contribution is -2.35. The van der Waals surface area contributed by atoms with E-state index in [0.29, 0.717) is 11.8 Å². The van der Waals surface area contributed by atoms with E-state index in [9.17, 15) is 5.11 Å². The Morgan fingerprint density at radius 2 is 1.56 bits per heavy atom. The summed E-state index contributed by atoms with van der Waals surface area (Å²) in [5.74, 6) is 1.21. The molecule has 0 amide bonds. The van der Waals surface area contributed by atoms with Gasteiger partial charge in [0.25, 0.3) is 0 Å². The average molecular weight is 227 g/mol. The zero-order chi connectivity index (χ0) is 11.8. The molecule has 2 heteroatoms. The van der Waals surface area contributed by atoms with Gasteiger partial charge in [0.15, 0.2) is 0 Å². The highest BCUT2D eigenvalue weighted by molar-refractivity contribution is 4.73. The molecule has 0 aliphatic heterocycles. The van der Waals surface area contributed by atoms with Crippen molar-refractivity contribution in [2.24, 2.45) is 11.8 Å². The van der Waals surface area contributed by atoms with Crippen molar-refractivity contribution in [3.63, 3.8) is 0 Å². The Hall–Kier alpha value is -0.0800. The molecule has 1 aliphatic carbocycles. The standard InChI is InChI=1S/C14H29NO/c1-12(2)10-15-11-14(16)13-8-6-4-3-5-7-9-13/h12-16H,3-11H2,1-2H3. The largest absolute Gasteiger partial charge is 0.392 e. The molecule has 1 aliphatic rings. The maximum Gasteiger partial charge on any atom is 0.0692 e. The Morgan fingerprint density at radius 3 is 2.12 bits per heavy atom. The van der Waals surface area contributed by atoms with E-state index in [0.717, 1.165) is 13.1 Å². The Labute approximate surface area is 101 Å². The molecule has 0 heterocycles. The molecule has 0 spiro atoms. The second kappa shape index (κ2) is 8.08. The number of rotatable bonds is 5. The molecule has 2 nitrogen and oxygen atoms in total. The Bertz CT molecular complexity index is 162. The van der Waals surface area contributed by atoms with Crippen LogP contribution in [-0.4, -0.2) is 24.3 Å². The first-order valence-electron chi connectivity index (χ1n) is 7.09. The van der Waals surface area contributed by atoms with Gasteiger partial charge in [0, 0.05) is 6.54 Å². The van der Waals surface area contributed by atoms with Gasteiger partial charge in [-0.2, -0.15) is 0 Å². The second-order valence-corrected chi connectivity index (χ2v) is 5.72. The average Bonchev–Trinajstić information content (AvgIpc) is 2.15. The van der Waals surface area contributed by atoms with E-state index in [1.54, 1.807) is 0 Å². The van der Waals surface area contributed by atoms with Crippen molar-refractivity contribution in [1.29, 1.82) is 0 Å². The lowest BCUT2D eigenvalue weighted by atomic mass is 9.87. The SMILES string of the molecule is CC(C)CNCC(O)C1CCCCCCC1. The summed E-state index contributed by atoms with van der Waals surface area (Å²) in [6.07, 6.45) is 9.07. The van der Waals surface area contributed by atoms with E-state index in [1.807, 2.05) is 0 Å². The minimum absolute atomic E-state index is 0.128. The zero-order valence-electron chi connectivity index (χ0n) is 11.0. The number of aliphatic hydroxyl groups is 1. The highest BCUT2D eigenvalue weighted by Crippen LogP contribution is 2.24. The van der Waals surface area contributed by atoms with Crippen LogP contribution in [0.4, 0.5) is 0 Å². The van der Waals surface area contributed by atoms with Crippen molar-refractivity contribution < 1.29 is 5.11 Å². The smallest absolute Gasteiger partial charge is 0.0692 e. The van der Waals surface area contributed by atoms with Crippen molar-refractivity contribution in [1.82, 2.24) is 5.32 Å². The molecular formula is C14H29NO. The van der Waals surface area contributed by atoms with Crippen LogP contribution < -0.4 is 5.32 Å². The summed E-state index contributed by atoms with van der Waals surface area (Å²) in [6.45, 7) is 6.21. The molecule has 0 bridgehead atoms. The highest BCUT2D eigenvalue weighted by Gasteiger charge is 2.19. The molecule has 2 N–H and O–H groups in total. The number of hydrogen-bond acceptors (Lipinski definition) is 2. The summed E-state index contributed by atoms with van der Waals surface area (Å²) >= 11 is 0. The summed E-state index contributed by atoms with van der Waals surface area (Å²) < 4.78 is 0. The molecule has 0 aromatic rings. The third-order valence-corrected chi connectivity index (χ3v) is 3.60. The summed E-state index contributed by atoms with van der Waals surface area (Å²) in [5, 5.41) is 13.5. The monoisotopic (exact) mass is 227 g/mol. The van der Waals surface area contributed by atoms with Crippen LogP contribution >= 0.6 is 0 Å². The molecule has 16 heavy (non-hydrogen) atoms. The van der Waals surface area contributed by atoms with E-state index in [1.165, 1.54) is 44.9 Å². The maximum absolute atomic E-state index is 10.1. The molecule has 1 rings (SSSR count). The van der Waals surface area contributed by atoms with Crippen molar-refractivity contribution in [2.45, 2.75) is 64.9 Å². The fourth-order valence-electron chi connectivity index (χ4n) is 2.56. The zero-order valence-corrected chi connectivity index (χ0v) is 11.0. The van der Waals surface area contributed by atoms with Crippen molar-refractivity contribution >= 4 is 0 Å². The van der Waals surface area contributed by atoms with Crippen LogP contribution in [0.5, 0.6) is 0 Å². The first-order valence-corrected chi connectivity index (χ1v) is 7.09. The third-order valence-electron chi connectivity index (χ3n) is 3.60. The van der Waals surface area contributed by atoms with Gasteiger partial charge < -0.3 is 10.4 Å². The first-order chi connectivity index (χ1) is 7.70. The highest BCUT2D eigenvalue weighted by atomic mass is 16.3. The molecule has 0 radical (unpaired) electrons. The minimum atomic E-state index is -0.128. The van der Waals surface area contributed by atoms with Crippen molar-refractivity contribution in [3.8, 4) is 0 Å². The van der Waals surface area contributed by atoms with Crippen molar-refractivity contribution in [2.75, 3.05) is 13.1 Å². The summed E-state index contributed by atoms with van der Waals surface area (Å²) in [7, 11) is 0. The van der Waals surface area contributed by atoms with Gasteiger partial charge in [-0.3, -0.25) is 0 Å². The fraction of sp³-hybridized carbons (Fsp3) is 1.00. The fourth-order valence-corrected chi connectivity index (χ4v) is 2.56. The molecule has 96 valence electrons. The molecular weight excluding hydrogens is 198 g/mol. The Morgan fingerprint density at radius 1 is 1.00 bits per heavy atom. The molecule has 1 fully saturated rings. The Balaban J connectivity index is 2.19. The van der Waals surface area contributed by atoms with Gasteiger partial charge in [0.1, 0.15) is 0 Å². The molecule has 1 unspecified atom stereocenters. The lowest BCUT2D eigenvalue weighted by molar-refractivity contribution is 0.0896. The topological polar surface area (TPSA) is 32.3 Å². The summed E-state index contributed by atoms with van der Waals surface area (Å²) in [5.41, 5.74) is 0. The van der Waals surface area contributed by atoms with Gasteiger partial charge in [-0.15, -0.1) is 0 Å². The van der Waals surface area contributed by atoms with Gasteiger partial charge in [0.2, 0.25) is 0 Å². The minimum Gasteiger partial charge on any atom is -0.392 e. The summed E-state index contributed by atoms with van der Waals surface area (Å²) in [4.78, 5) is 0. The third kappa shape index (κ3) is 5.86. The van der Waals surface area contributed by atoms with Gasteiger partial charge >= 0.3 is 0 Å². The van der Waals surface area contributed by atoms with E-state index in [4.69, 9.17) is 0 Å². The van der Waals surface area contributed by atoms with Crippen molar-refractivity contribution in [3.05, 3.63) is 0 Å². The van der Waals surface area contributed by atoms with Crippen LogP contribution in [-0.2, 0) is 0 Å². The van der Waals surface area contributed by atoms with Crippen LogP contribution in [0, 0.1) is 11.8 Å². The van der Waals surface area contributed by atoms with Crippen LogP contribution in [0.25, 0.3) is 0 Å².